The van der Waals surface area contributed by atoms with Gasteiger partial charge in [0.25, 0.3) is 0 Å². The smallest absolute Gasteiger partial charge is 0.197 e. The van der Waals surface area contributed by atoms with Crippen LogP contribution in [0.4, 0.5) is 0 Å². The number of carbonyl (C=O) groups is 2. The van der Waals surface area contributed by atoms with Crippen LogP contribution in [0.15, 0.2) is 48.5 Å². The van der Waals surface area contributed by atoms with Crippen molar-refractivity contribution in [2.45, 2.75) is 38.9 Å². The normalized spacial score (nSPS) is 11.9. The van der Waals surface area contributed by atoms with E-state index in [-0.39, 0.29) is 22.6 Å². The molecule has 25 heavy (non-hydrogen) atoms. The molecule has 2 rings (SSSR count). The molecule has 0 amide bonds. The monoisotopic (exact) mass is 342 g/mol. The number of benzene rings is 2. The Labute approximate surface area is 146 Å². The second kappa shape index (κ2) is 6.78. The summed E-state index contributed by atoms with van der Waals surface area (Å²) < 4.78 is 5.81. The van der Waals surface area contributed by atoms with Crippen molar-refractivity contribution in [3.63, 3.8) is 0 Å². The van der Waals surface area contributed by atoms with Crippen LogP contribution in [0.3, 0.4) is 0 Å². The number of ketones is 2. The maximum atomic E-state index is 12.4. The van der Waals surface area contributed by atoms with E-state index in [2.05, 4.69) is 0 Å². The van der Waals surface area contributed by atoms with Gasteiger partial charge in [0.2, 0.25) is 0 Å². The lowest BCUT2D eigenvalue weighted by atomic mass is 9.95. The summed E-state index contributed by atoms with van der Waals surface area (Å²) in [5, 5.41) is 20.0. The van der Waals surface area contributed by atoms with Crippen molar-refractivity contribution in [3.05, 3.63) is 59.7 Å². The van der Waals surface area contributed by atoms with Crippen molar-refractivity contribution in [2.24, 2.45) is 0 Å². The SMILES string of the molecule is CC(C)(O)C(=O)c1ccccc1Oc1ccccc1C(=O)C(C)(C)O. The Morgan fingerprint density at radius 3 is 1.36 bits per heavy atom. The summed E-state index contributed by atoms with van der Waals surface area (Å²) in [6.45, 7) is 5.60. The van der Waals surface area contributed by atoms with Gasteiger partial charge in [-0.15, -0.1) is 0 Å². The number of hydrogen-bond donors (Lipinski definition) is 2. The highest BCUT2D eigenvalue weighted by Gasteiger charge is 2.30. The van der Waals surface area contributed by atoms with Gasteiger partial charge in [-0.1, -0.05) is 24.3 Å². The quantitative estimate of drug-likeness (QED) is 0.786. The standard InChI is InChI=1S/C20H22O5/c1-19(2,23)17(21)13-9-5-7-11-15(13)25-16-12-8-6-10-14(16)18(22)20(3,4)24/h5-12,23-24H,1-4H3. The van der Waals surface area contributed by atoms with Gasteiger partial charge in [-0.05, 0) is 52.0 Å². The van der Waals surface area contributed by atoms with E-state index in [9.17, 15) is 19.8 Å². The summed E-state index contributed by atoms with van der Waals surface area (Å²) in [6, 6.07) is 13.0. The molecule has 5 nitrogen and oxygen atoms in total. The van der Waals surface area contributed by atoms with Crippen LogP contribution in [0.5, 0.6) is 11.5 Å². The van der Waals surface area contributed by atoms with E-state index >= 15 is 0 Å². The Hall–Kier alpha value is -2.50. The van der Waals surface area contributed by atoms with E-state index < -0.39 is 22.8 Å². The number of aliphatic hydroxyl groups is 2. The average molecular weight is 342 g/mol. The highest BCUT2D eigenvalue weighted by atomic mass is 16.5. The van der Waals surface area contributed by atoms with Crippen molar-refractivity contribution >= 4 is 11.6 Å². The minimum Gasteiger partial charge on any atom is -0.456 e. The van der Waals surface area contributed by atoms with Crippen LogP contribution >= 0.6 is 0 Å². The molecule has 0 spiro atoms. The summed E-state index contributed by atoms with van der Waals surface area (Å²) in [4.78, 5) is 24.8. The molecule has 0 saturated heterocycles. The molecule has 0 aliphatic rings. The molecule has 0 bridgehead atoms. The Balaban J connectivity index is 2.46. The number of ether oxygens (including phenoxy) is 1. The fourth-order valence-corrected chi connectivity index (χ4v) is 2.26. The number of para-hydroxylation sites is 2. The van der Waals surface area contributed by atoms with Crippen LogP contribution in [0, 0.1) is 0 Å². The molecule has 0 atom stereocenters. The van der Waals surface area contributed by atoms with Gasteiger partial charge in [0.05, 0.1) is 11.1 Å². The van der Waals surface area contributed by atoms with Crippen LogP contribution < -0.4 is 4.74 Å². The first-order valence-corrected chi connectivity index (χ1v) is 7.92. The fraction of sp³-hybridized carbons (Fsp3) is 0.300. The molecule has 5 heteroatoms. The van der Waals surface area contributed by atoms with Crippen molar-refractivity contribution in [3.8, 4) is 11.5 Å². The minimum absolute atomic E-state index is 0.209. The van der Waals surface area contributed by atoms with Crippen LogP contribution in [-0.4, -0.2) is 33.0 Å². The molecule has 2 aromatic rings. The minimum atomic E-state index is -1.55. The zero-order valence-corrected chi connectivity index (χ0v) is 14.7. The predicted molar refractivity (Wildman–Crippen MR) is 94.2 cm³/mol. The molecule has 0 heterocycles. The first-order chi connectivity index (χ1) is 11.5. The molecular weight excluding hydrogens is 320 g/mol. The topological polar surface area (TPSA) is 83.8 Å². The van der Waals surface area contributed by atoms with Crippen LogP contribution in [0.25, 0.3) is 0 Å². The lowest BCUT2D eigenvalue weighted by Gasteiger charge is -2.20. The molecule has 0 aliphatic heterocycles. The third kappa shape index (κ3) is 4.32. The molecule has 0 fully saturated rings. The second-order valence-corrected chi connectivity index (χ2v) is 6.87. The molecule has 2 aromatic carbocycles. The van der Waals surface area contributed by atoms with Crippen LogP contribution in [0.1, 0.15) is 48.4 Å². The molecule has 2 N–H and O–H groups in total. The Morgan fingerprint density at radius 2 is 1.04 bits per heavy atom. The highest BCUT2D eigenvalue weighted by Crippen LogP contribution is 2.31. The molecule has 0 aromatic heterocycles. The summed E-state index contributed by atoms with van der Waals surface area (Å²) in [7, 11) is 0. The van der Waals surface area contributed by atoms with E-state index in [0.29, 0.717) is 0 Å². The summed E-state index contributed by atoms with van der Waals surface area (Å²) in [6.07, 6.45) is 0. The zero-order chi connectivity index (χ0) is 18.8. The lowest BCUT2D eigenvalue weighted by Crippen LogP contribution is -2.32. The molecule has 0 saturated carbocycles. The Morgan fingerprint density at radius 1 is 0.720 bits per heavy atom. The van der Waals surface area contributed by atoms with Gasteiger partial charge in [-0.3, -0.25) is 9.59 Å². The second-order valence-electron chi connectivity index (χ2n) is 6.87. The number of carbonyl (C=O) groups excluding carboxylic acids is 2. The molecule has 0 unspecified atom stereocenters. The summed E-state index contributed by atoms with van der Waals surface area (Å²) in [5.41, 5.74) is -2.69. The number of hydrogen-bond acceptors (Lipinski definition) is 5. The third-order valence-corrected chi connectivity index (χ3v) is 3.59. The molecular formula is C20H22O5. The Kier molecular flexibility index (Phi) is 5.11. The maximum absolute atomic E-state index is 12.4. The largest absolute Gasteiger partial charge is 0.456 e. The predicted octanol–water partition coefficient (Wildman–Crippen LogP) is 3.39. The van der Waals surface area contributed by atoms with E-state index in [1.807, 2.05) is 0 Å². The molecule has 0 radical (unpaired) electrons. The fourth-order valence-electron chi connectivity index (χ4n) is 2.26. The van der Waals surface area contributed by atoms with Crippen LogP contribution in [0.2, 0.25) is 0 Å². The van der Waals surface area contributed by atoms with Crippen molar-refractivity contribution < 1.29 is 24.5 Å². The first kappa shape index (κ1) is 18.8. The van der Waals surface area contributed by atoms with E-state index in [0.717, 1.165) is 0 Å². The maximum Gasteiger partial charge on any atom is 0.197 e. The van der Waals surface area contributed by atoms with Crippen molar-refractivity contribution in [1.82, 2.24) is 0 Å². The van der Waals surface area contributed by atoms with Gasteiger partial charge in [-0.25, -0.2) is 0 Å². The number of rotatable bonds is 6. The number of Topliss-reactive ketones (excluding diaryl/α,β-unsaturated/α-hetero) is 2. The van der Waals surface area contributed by atoms with Gasteiger partial charge >= 0.3 is 0 Å². The zero-order valence-electron chi connectivity index (χ0n) is 14.7. The molecule has 132 valence electrons. The van der Waals surface area contributed by atoms with Gasteiger partial charge in [0, 0.05) is 0 Å². The third-order valence-electron chi connectivity index (χ3n) is 3.59. The van der Waals surface area contributed by atoms with Gasteiger partial charge in [0.15, 0.2) is 11.6 Å². The lowest BCUT2D eigenvalue weighted by molar-refractivity contribution is 0.0482. The van der Waals surface area contributed by atoms with Crippen molar-refractivity contribution in [2.75, 3.05) is 0 Å². The Bertz CT molecular complexity index is 727. The van der Waals surface area contributed by atoms with E-state index in [1.54, 1.807) is 48.5 Å². The van der Waals surface area contributed by atoms with E-state index in [4.69, 9.17) is 4.74 Å². The van der Waals surface area contributed by atoms with E-state index in [1.165, 1.54) is 27.7 Å². The molecule has 0 aliphatic carbocycles. The summed E-state index contributed by atoms with van der Waals surface area (Å²) in [5.74, 6) is -0.528. The van der Waals surface area contributed by atoms with Gasteiger partial charge < -0.3 is 14.9 Å². The van der Waals surface area contributed by atoms with Gasteiger partial charge in [-0.2, -0.15) is 0 Å². The first-order valence-electron chi connectivity index (χ1n) is 7.92. The van der Waals surface area contributed by atoms with Crippen LogP contribution in [-0.2, 0) is 0 Å². The van der Waals surface area contributed by atoms with Gasteiger partial charge in [0.1, 0.15) is 22.7 Å². The van der Waals surface area contributed by atoms with Crippen molar-refractivity contribution in [1.29, 1.82) is 0 Å². The highest BCUT2D eigenvalue weighted by molar-refractivity contribution is 6.05. The average Bonchev–Trinajstić information content (AvgIpc) is 2.53. The summed E-state index contributed by atoms with van der Waals surface area (Å²) >= 11 is 0.